The number of benzene rings is 1. The second-order valence-electron chi connectivity index (χ2n) is 2.90. The van der Waals surface area contributed by atoms with Crippen molar-refractivity contribution in [1.29, 1.82) is 5.41 Å². The Hall–Kier alpha value is -1.55. The van der Waals surface area contributed by atoms with Crippen molar-refractivity contribution < 1.29 is 9.84 Å². The van der Waals surface area contributed by atoms with E-state index in [2.05, 4.69) is 0 Å². The van der Waals surface area contributed by atoms with Crippen LogP contribution in [0.3, 0.4) is 0 Å². The molecule has 0 aromatic heterocycles. The van der Waals surface area contributed by atoms with Crippen molar-refractivity contribution in [2.24, 2.45) is 5.73 Å². The van der Waals surface area contributed by atoms with Gasteiger partial charge in [-0.2, -0.15) is 0 Å². The molecule has 0 unspecified atom stereocenters. The predicted octanol–water partition coefficient (Wildman–Crippen LogP) is 0.536. The zero-order valence-corrected chi connectivity index (χ0v) is 7.86. The minimum atomic E-state index is -0.0104. The fraction of sp³-hybridized carbons (Fsp3) is 0.300. The van der Waals surface area contributed by atoms with Crippen molar-refractivity contribution in [1.82, 2.24) is 0 Å². The number of nitrogens with two attached hydrogens (primary N) is 1. The highest BCUT2D eigenvalue weighted by Crippen LogP contribution is 2.17. The zero-order valence-electron chi connectivity index (χ0n) is 7.86. The Kier molecular flexibility index (Phi) is 3.94. The van der Waals surface area contributed by atoms with Crippen molar-refractivity contribution in [3.05, 3.63) is 29.8 Å². The van der Waals surface area contributed by atoms with Crippen molar-refractivity contribution in [3.63, 3.8) is 0 Å². The van der Waals surface area contributed by atoms with Gasteiger partial charge in [-0.1, -0.05) is 18.2 Å². The highest BCUT2D eigenvalue weighted by Gasteiger charge is 2.02. The number of aliphatic hydroxyl groups is 1. The number of nitrogens with one attached hydrogen (secondary N) is 1. The normalized spacial score (nSPS) is 9.79. The Balaban J connectivity index is 2.68. The van der Waals surface area contributed by atoms with E-state index in [1.54, 1.807) is 6.07 Å². The van der Waals surface area contributed by atoms with E-state index in [4.69, 9.17) is 21.0 Å². The highest BCUT2D eigenvalue weighted by atomic mass is 16.5. The molecule has 4 heteroatoms. The minimum Gasteiger partial charge on any atom is -0.485 e. The Morgan fingerprint density at radius 3 is 2.79 bits per heavy atom. The Bertz CT molecular complexity index is 313. The van der Waals surface area contributed by atoms with Gasteiger partial charge in [-0.15, -0.1) is 0 Å². The molecule has 0 fully saturated rings. The molecule has 0 radical (unpaired) electrons. The van der Waals surface area contributed by atoms with Crippen molar-refractivity contribution in [2.75, 3.05) is 13.2 Å². The molecule has 0 heterocycles. The van der Waals surface area contributed by atoms with E-state index in [1.165, 1.54) is 0 Å². The van der Waals surface area contributed by atoms with Crippen LogP contribution < -0.4 is 10.5 Å². The largest absolute Gasteiger partial charge is 0.485 e. The van der Waals surface area contributed by atoms with E-state index in [0.29, 0.717) is 12.2 Å². The van der Waals surface area contributed by atoms with E-state index in [-0.39, 0.29) is 19.0 Å². The maximum atomic E-state index is 8.80. The molecule has 0 atom stereocenters. The molecular formula is C10H14N2O2. The predicted molar refractivity (Wildman–Crippen MR) is 54.6 cm³/mol. The standard InChI is InChI=1S/C10H14N2O2/c11-10(12)7-14-9-4-2-1-3-8(9)5-6-13/h1-4,13H,5-7H2,(H3,11,12). The van der Waals surface area contributed by atoms with Crippen LogP contribution in [0.4, 0.5) is 0 Å². The molecular weight excluding hydrogens is 180 g/mol. The van der Waals surface area contributed by atoms with Crippen LogP contribution in [-0.2, 0) is 6.42 Å². The lowest BCUT2D eigenvalue weighted by Crippen LogP contribution is -2.19. The molecule has 1 aromatic rings. The first-order valence-electron chi connectivity index (χ1n) is 4.38. The number of rotatable bonds is 5. The molecule has 0 aliphatic rings. The van der Waals surface area contributed by atoms with Gasteiger partial charge in [0.2, 0.25) is 0 Å². The van der Waals surface area contributed by atoms with Gasteiger partial charge >= 0.3 is 0 Å². The molecule has 4 N–H and O–H groups in total. The molecule has 0 aliphatic carbocycles. The van der Waals surface area contributed by atoms with E-state index in [1.807, 2.05) is 18.2 Å². The van der Waals surface area contributed by atoms with E-state index in [9.17, 15) is 0 Å². The van der Waals surface area contributed by atoms with Crippen LogP contribution >= 0.6 is 0 Å². The van der Waals surface area contributed by atoms with Crippen LogP contribution in [0.25, 0.3) is 0 Å². The monoisotopic (exact) mass is 194 g/mol. The zero-order chi connectivity index (χ0) is 10.4. The molecule has 14 heavy (non-hydrogen) atoms. The molecule has 0 aliphatic heterocycles. The lowest BCUT2D eigenvalue weighted by molar-refractivity contribution is 0.295. The summed E-state index contributed by atoms with van der Waals surface area (Å²) in [6.45, 7) is 0.170. The summed E-state index contributed by atoms with van der Waals surface area (Å²) in [5, 5.41) is 15.8. The summed E-state index contributed by atoms with van der Waals surface area (Å²) in [7, 11) is 0. The maximum Gasteiger partial charge on any atom is 0.145 e. The molecule has 1 rings (SSSR count). The second kappa shape index (κ2) is 5.24. The van der Waals surface area contributed by atoms with Gasteiger partial charge in [0.15, 0.2) is 0 Å². The second-order valence-corrected chi connectivity index (χ2v) is 2.90. The SMILES string of the molecule is N=C(N)COc1ccccc1CCO. The van der Waals surface area contributed by atoms with Gasteiger partial charge in [0, 0.05) is 6.61 Å². The van der Waals surface area contributed by atoms with E-state index in [0.717, 1.165) is 5.56 Å². The van der Waals surface area contributed by atoms with Gasteiger partial charge in [-0.25, -0.2) is 0 Å². The Morgan fingerprint density at radius 2 is 2.14 bits per heavy atom. The minimum absolute atomic E-state index is 0.0104. The first kappa shape index (κ1) is 10.5. The summed E-state index contributed by atoms with van der Waals surface area (Å²) >= 11 is 0. The lowest BCUT2D eigenvalue weighted by atomic mass is 10.1. The van der Waals surface area contributed by atoms with Crippen LogP contribution in [0.5, 0.6) is 5.75 Å². The Labute approximate surface area is 82.8 Å². The third kappa shape index (κ3) is 3.06. The van der Waals surface area contributed by atoms with Crippen molar-refractivity contribution in [3.8, 4) is 5.75 Å². The van der Waals surface area contributed by atoms with Crippen LogP contribution in [-0.4, -0.2) is 24.2 Å². The number of ether oxygens (including phenoxy) is 1. The molecule has 0 bridgehead atoms. The summed E-state index contributed by atoms with van der Waals surface area (Å²) in [4.78, 5) is 0. The van der Waals surface area contributed by atoms with Crippen LogP contribution in [0.15, 0.2) is 24.3 Å². The maximum absolute atomic E-state index is 8.80. The Morgan fingerprint density at radius 1 is 1.43 bits per heavy atom. The van der Waals surface area contributed by atoms with Gasteiger partial charge in [0.25, 0.3) is 0 Å². The number of para-hydroxylation sites is 1. The first-order chi connectivity index (χ1) is 6.74. The third-order valence-electron chi connectivity index (χ3n) is 1.74. The van der Waals surface area contributed by atoms with Gasteiger partial charge in [-0.3, -0.25) is 5.41 Å². The quantitative estimate of drug-likeness (QED) is 0.472. The summed E-state index contributed by atoms with van der Waals surface area (Å²) in [6, 6.07) is 7.40. The highest BCUT2D eigenvalue weighted by molar-refractivity contribution is 5.78. The molecule has 4 nitrogen and oxygen atoms in total. The van der Waals surface area contributed by atoms with E-state index < -0.39 is 0 Å². The van der Waals surface area contributed by atoms with E-state index >= 15 is 0 Å². The molecule has 0 saturated carbocycles. The molecule has 1 aromatic carbocycles. The van der Waals surface area contributed by atoms with Gasteiger partial charge in [-0.05, 0) is 18.1 Å². The summed E-state index contributed by atoms with van der Waals surface area (Å²) in [5.41, 5.74) is 6.10. The lowest BCUT2D eigenvalue weighted by Gasteiger charge is -2.09. The summed E-state index contributed by atoms with van der Waals surface area (Å²) in [6.07, 6.45) is 0.550. The summed E-state index contributed by atoms with van der Waals surface area (Å²) in [5.74, 6) is 0.667. The first-order valence-corrected chi connectivity index (χ1v) is 4.38. The summed E-state index contributed by atoms with van der Waals surface area (Å²) < 4.78 is 5.29. The molecule has 76 valence electrons. The molecule has 0 spiro atoms. The average molecular weight is 194 g/mol. The molecule has 0 amide bonds. The topological polar surface area (TPSA) is 79.3 Å². The van der Waals surface area contributed by atoms with Gasteiger partial charge in [0.05, 0.1) is 0 Å². The fourth-order valence-corrected chi connectivity index (χ4v) is 1.13. The van der Waals surface area contributed by atoms with Gasteiger partial charge < -0.3 is 15.6 Å². The van der Waals surface area contributed by atoms with Gasteiger partial charge in [0.1, 0.15) is 18.2 Å². The van der Waals surface area contributed by atoms with Crippen LogP contribution in [0.2, 0.25) is 0 Å². The van der Waals surface area contributed by atoms with Crippen molar-refractivity contribution >= 4 is 5.84 Å². The average Bonchev–Trinajstić information content (AvgIpc) is 2.17. The van der Waals surface area contributed by atoms with Crippen LogP contribution in [0, 0.1) is 5.41 Å². The number of aliphatic hydroxyl groups excluding tert-OH is 1. The van der Waals surface area contributed by atoms with Crippen molar-refractivity contribution in [2.45, 2.75) is 6.42 Å². The smallest absolute Gasteiger partial charge is 0.145 e. The fourth-order valence-electron chi connectivity index (χ4n) is 1.13. The van der Waals surface area contributed by atoms with Crippen LogP contribution in [0.1, 0.15) is 5.56 Å². The number of hydrogen-bond donors (Lipinski definition) is 3. The molecule has 0 saturated heterocycles. The number of amidine groups is 1. The number of hydrogen-bond acceptors (Lipinski definition) is 3. The third-order valence-corrected chi connectivity index (χ3v) is 1.74.